The number of hydrogen-bond donors (Lipinski definition) is 2. The lowest BCUT2D eigenvalue weighted by Crippen LogP contribution is -2.36. The van der Waals surface area contributed by atoms with E-state index < -0.39 is 0 Å². The summed E-state index contributed by atoms with van der Waals surface area (Å²) in [6, 6.07) is 16.9. The van der Waals surface area contributed by atoms with E-state index in [1.807, 2.05) is 49.4 Å². The molecule has 2 aromatic rings. The largest absolute Gasteiger partial charge is 0.345 e. The maximum Gasteiger partial charge on any atom is 0.253 e. The molecule has 27 heavy (non-hydrogen) atoms. The fourth-order valence-electron chi connectivity index (χ4n) is 3.40. The topological polar surface area (TPSA) is 61.4 Å². The molecule has 0 aromatic heterocycles. The summed E-state index contributed by atoms with van der Waals surface area (Å²) >= 11 is 0. The van der Waals surface area contributed by atoms with Gasteiger partial charge in [0.25, 0.3) is 5.91 Å². The van der Waals surface area contributed by atoms with Gasteiger partial charge in [-0.25, -0.2) is 0 Å². The molecule has 2 amide bonds. The molecule has 0 aliphatic carbocycles. The fraction of sp³-hybridized carbons (Fsp3) is 0.364. The van der Waals surface area contributed by atoms with E-state index >= 15 is 0 Å². The molecular formula is C22H27N3O2. The van der Waals surface area contributed by atoms with Crippen molar-refractivity contribution in [2.45, 2.75) is 25.8 Å². The lowest BCUT2D eigenvalue weighted by molar-refractivity contribution is -0.121. The number of carbonyl (C=O) groups excluding carboxylic acids is 2. The Morgan fingerprint density at radius 1 is 1.00 bits per heavy atom. The second-order valence-corrected chi connectivity index (χ2v) is 7.22. The van der Waals surface area contributed by atoms with E-state index in [0.717, 1.165) is 31.5 Å². The van der Waals surface area contributed by atoms with Gasteiger partial charge in [-0.15, -0.1) is 0 Å². The third-order valence-electron chi connectivity index (χ3n) is 5.17. The molecule has 5 heteroatoms. The van der Waals surface area contributed by atoms with Gasteiger partial charge in [-0.05, 0) is 57.6 Å². The van der Waals surface area contributed by atoms with Crippen LogP contribution in [0.15, 0.2) is 54.6 Å². The van der Waals surface area contributed by atoms with Crippen molar-refractivity contribution in [1.82, 2.24) is 10.2 Å². The molecule has 142 valence electrons. The van der Waals surface area contributed by atoms with E-state index in [9.17, 15) is 9.59 Å². The summed E-state index contributed by atoms with van der Waals surface area (Å²) in [4.78, 5) is 27.6. The molecule has 2 N–H and O–H groups in total. The van der Waals surface area contributed by atoms with Crippen LogP contribution in [0.3, 0.4) is 0 Å². The molecule has 5 nitrogen and oxygen atoms in total. The number of nitrogens with zero attached hydrogens (tertiary/aromatic N) is 1. The minimum atomic E-state index is -0.189. The molecule has 1 heterocycles. The number of anilines is 1. The first-order chi connectivity index (χ1) is 13.0. The first-order valence-electron chi connectivity index (χ1n) is 9.49. The summed E-state index contributed by atoms with van der Waals surface area (Å²) < 4.78 is 0. The molecule has 2 aromatic carbocycles. The summed E-state index contributed by atoms with van der Waals surface area (Å²) in [6.07, 6.45) is 1.70. The number of benzene rings is 2. The normalized spacial score (nSPS) is 16.5. The van der Waals surface area contributed by atoms with Crippen LogP contribution in [0.5, 0.6) is 0 Å². The molecule has 0 unspecified atom stereocenters. The average Bonchev–Trinajstić information content (AvgIpc) is 2.69. The SMILES string of the molecule is C[C@@H](NC(=O)c1ccccc1NC(=O)C1CCN(C)CC1)c1ccccc1. The van der Waals surface area contributed by atoms with Crippen LogP contribution in [0.25, 0.3) is 0 Å². The Hall–Kier alpha value is -2.66. The van der Waals surface area contributed by atoms with Crippen molar-refractivity contribution < 1.29 is 9.59 Å². The number of likely N-dealkylation sites (tertiary alicyclic amines) is 1. The van der Waals surface area contributed by atoms with Crippen molar-refractivity contribution in [2.75, 3.05) is 25.5 Å². The van der Waals surface area contributed by atoms with E-state index in [0.29, 0.717) is 11.3 Å². The average molecular weight is 365 g/mol. The van der Waals surface area contributed by atoms with E-state index in [-0.39, 0.29) is 23.8 Å². The van der Waals surface area contributed by atoms with Gasteiger partial charge in [0.05, 0.1) is 17.3 Å². The van der Waals surface area contributed by atoms with Gasteiger partial charge in [-0.3, -0.25) is 9.59 Å². The molecule has 0 spiro atoms. The van der Waals surface area contributed by atoms with Crippen molar-refractivity contribution in [3.8, 4) is 0 Å². The van der Waals surface area contributed by atoms with Gasteiger partial charge in [0, 0.05) is 5.92 Å². The Balaban J connectivity index is 1.68. The maximum absolute atomic E-state index is 12.8. The maximum atomic E-state index is 12.8. The number of rotatable bonds is 5. The summed E-state index contributed by atoms with van der Waals surface area (Å²) in [5, 5.41) is 5.99. The summed E-state index contributed by atoms with van der Waals surface area (Å²) in [6.45, 7) is 3.80. The number of nitrogens with one attached hydrogen (secondary N) is 2. The first-order valence-corrected chi connectivity index (χ1v) is 9.49. The van der Waals surface area contributed by atoms with Crippen molar-refractivity contribution >= 4 is 17.5 Å². The molecule has 1 atom stereocenters. The molecule has 0 radical (unpaired) electrons. The molecule has 1 fully saturated rings. The molecule has 1 aliphatic heterocycles. The van der Waals surface area contributed by atoms with E-state index in [2.05, 4.69) is 22.6 Å². The smallest absolute Gasteiger partial charge is 0.253 e. The lowest BCUT2D eigenvalue weighted by Gasteiger charge is -2.28. The Labute approximate surface area is 160 Å². The Morgan fingerprint density at radius 3 is 2.33 bits per heavy atom. The Bertz CT molecular complexity index is 783. The zero-order valence-electron chi connectivity index (χ0n) is 15.9. The Kier molecular flexibility index (Phi) is 6.24. The van der Waals surface area contributed by atoms with Crippen LogP contribution in [-0.4, -0.2) is 36.9 Å². The zero-order valence-corrected chi connectivity index (χ0v) is 15.9. The van der Waals surface area contributed by atoms with Crippen molar-refractivity contribution in [1.29, 1.82) is 0 Å². The minimum Gasteiger partial charge on any atom is -0.345 e. The quantitative estimate of drug-likeness (QED) is 0.853. The van der Waals surface area contributed by atoms with Crippen LogP contribution in [0, 0.1) is 5.92 Å². The van der Waals surface area contributed by atoms with Crippen molar-refractivity contribution in [2.24, 2.45) is 5.92 Å². The third kappa shape index (κ3) is 4.95. The fourth-order valence-corrected chi connectivity index (χ4v) is 3.40. The van der Waals surface area contributed by atoms with E-state index in [1.165, 1.54) is 0 Å². The third-order valence-corrected chi connectivity index (χ3v) is 5.17. The van der Waals surface area contributed by atoms with Crippen LogP contribution in [0.4, 0.5) is 5.69 Å². The zero-order chi connectivity index (χ0) is 19.2. The van der Waals surface area contributed by atoms with Gasteiger partial charge in [0.15, 0.2) is 0 Å². The van der Waals surface area contributed by atoms with Crippen LogP contribution < -0.4 is 10.6 Å². The van der Waals surface area contributed by atoms with Gasteiger partial charge in [-0.1, -0.05) is 42.5 Å². The molecule has 0 bridgehead atoms. The highest BCUT2D eigenvalue weighted by molar-refractivity contribution is 6.04. The highest BCUT2D eigenvalue weighted by atomic mass is 16.2. The highest BCUT2D eigenvalue weighted by Gasteiger charge is 2.24. The number of hydrogen-bond acceptors (Lipinski definition) is 3. The second kappa shape index (κ2) is 8.82. The molecular weight excluding hydrogens is 338 g/mol. The first kappa shape index (κ1) is 19.1. The van der Waals surface area contributed by atoms with Crippen molar-refractivity contribution in [3.05, 3.63) is 65.7 Å². The number of carbonyl (C=O) groups is 2. The van der Waals surface area contributed by atoms with Crippen molar-refractivity contribution in [3.63, 3.8) is 0 Å². The molecule has 0 saturated carbocycles. The van der Waals surface area contributed by atoms with Crippen LogP contribution in [0.1, 0.15) is 41.7 Å². The van der Waals surface area contributed by atoms with Gasteiger partial charge in [0.2, 0.25) is 5.91 Å². The summed E-state index contributed by atoms with van der Waals surface area (Å²) in [5.41, 5.74) is 2.10. The van der Waals surface area contributed by atoms with Gasteiger partial charge in [-0.2, -0.15) is 0 Å². The van der Waals surface area contributed by atoms with E-state index in [4.69, 9.17) is 0 Å². The van der Waals surface area contributed by atoms with Crippen LogP contribution in [0.2, 0.25) is 0 Å². The minimum absolute atomic E-state index is 0.000502. The molecule has 1 saturated heterocycles. The van der Waals surface area contributed by atoms with Crippen LogP contribution >= 0.6 is 0 Å². The predicted molar refractivity (Wildman–Crippen MR) is 108 cm³/mol. The number of amides is 2. The predicted octanol–water partition coefficient (Wildman–Crippen LogP) is 3.46. The second-order valence-electron chi connectivity index (χ2n) is 7.22. The van der Waals surface area contributed by atoms with Gasteiger partial charge >= 0.3 is 0 Å². The monoisotopic (exact) mass is 365 g/mol. The molecule has 3 rings (SSSR count). The van der Waals surface area contributed by atoms with Gasteiger partial charge < -0.3 is 15.5 Å². The number of piperidine rings is 1. The Morgan fingerprint density at radius 2 is 1.63 bits per heavy atom. The van der Waals surface area contributed by atoms with Gasteiger partial charge in [0.1, 0.15) is 0 Å². The van der Waals surface area contributed by atoms with Crippen LogP contribution in [-0.2, 0) is 4.79 Å². The standard InChI is InChI=1S/C22H27N3O2/c1-16(17-8-4-3-5-9-17)23-22(27)19-10-6-7-11-20(19)24-21(26)18-12-14-25(2)15-13-18/h3-11,16,18H,12-15H2,1-2H3,(H,23,27)(H,24,26)/t16-/m1/s1. The lowest BCUT2D eigenvalue weighted by atomic mass is 9.96. The molecule has 1 aliphatic rings. The number of para-hydroxylation sites is 1. The summed E-state index contributed by atoms with van der Waals surface area (Å²) in [5.74, 6) is -0.189. The highest BCUT2D eigenvalue weighted by Crippen LogP contribution is 2.22. The van der Waals surface area contributed by atoms with E-state index in [1.54, 1.807) is 12.1 Å². The summed E-state index contributed by atoms with van der Waals surface area (Å²) in [7, 11) is 2.07.